The van der Waals surface area contributed by atoms with Crippen LogP contribution in [0.4, 0.5) is 4.39 Å². The normalized spacial score (nSPS) is 18.3. The summed E-state index contributed by atoms with van der Waals surface area (Å²) in [6.07, 6.45) is 0.520. The molecule has 1 N–H and O–H groups in total. The minimum absolute atomic E-state index is 0.108. The van der Waals surface area contributed by atoms with E-state index in [1.807, 2.05) is 18.2 Å². The van der Waals surface area contributed by atoms with Crippen LogP contribution in [-0.2, 0) is 0 Å². The van der Waals surface area contributed by atoms with Gasteiger partial charge < -0.3 is 10.1 Å². The molecule has 1 fully saturated rings. The van der Waals surface area contributed by atoms with Gasteiger partial charge in [0.25, 0.3) is 0 Å². The summed E-state index contributed by atoms with van der Waals surface area (Å²) in [4.78, 5) is 2.34. The molecule has 0 saturated carbocycles. The molecule has 1 atom stereocenters. The molecule has 2 rings (SSSR count). The Kier molecular flexibility index (Phi) is 5.60. The van der Waals surface area contributed by atoms with Gasteiger partial charge in [0.1, 0.15) is 5.75 Å². The Morgan fingerprint density at radius 2 is 2.16 bits per heavy atom. The summed E-state index contributed by atoms with van der Waals surface area (Å²) < 4.78 is 19.2. The molecule has 1 saturated heterocycles. The standard InChI is InChI=1S/C14H20BrFN2O/c1-19-11-2-3-13(15)12(10-11)14(4-5-16)18-8-6-17-7-9-18/h2-3,10,14,17H,4-9H2,1H3/t14-/m0/s1. The summed E-state index contributed by atoms with van der Waals surface area (Å²) >= 11 is 3.58. The van der Waals surface area contributed by atoms with E-state index in [0.717, 1.165) is 42.0 Å². The van der Waals surface area contributed by atoms with Crippen molar-refractivity contribution in [2.45, 2.75) is 12.5 Å². The third-order valence-electron chi connectivity index (χ3n) is 3.54. The van der Waals surface area contributed by atoms with E-state index >= 15 is 0 Å². The van der Waals surface area contributed by atoms with Crippen LogP contribution < -0.4 is 10.1 Å². The summed E-state index contributed by atoms with van der Waals surface area (Å²) in [7, 11) is 1.65. The Hall–Kier alpha value is -0.650. The number of benzene rings is 1. The number of piperazine rings is 1. The molecule has 0 unspecified atom stereocenters. The van der Waals surface area contributed by atoms with Crippen LogP contribution in [-0.4, -0.2) is 44.9 Å². The number of hydrogen-bond acceptors (Lipinski definition) is 3. The first kappa shape index (κ1) is 14.8. The Labute approximate surface area is 122 Å². The van der Waals surface area contributed by atoms with Gasteiger partial charge in [0.15, 0.2) is 0 Å². The van der Waals surface area contributed by atoms with Crippen molar-refractivity contribution in [1.29, 1.82) is 0 Å². The molecule has 1 aromatic rings. The second kappa shape index (κ2) is 7.22. The molecule has 0 aliphatic carbocycles. The van der Waals surface area contributed by atoms with E-state index in [9.17, 15) is 4.39 Å². The molecule has 5 heteroatoms. The Morgan fingerprint density at radius 1 is 1.42 bits per heavy atom. The molecular weight excluding hydrogens is 311 g/mol. The summed E-state index contributed by atoms with van der Waals surface area (Å²) in [6, 6.07) is 6.00. The van der Waals surface area contributed by atoms with Crippen LogP contribution in [0.15, 0.2) is 22.7 Å². The molecule has 0 spiro atoms. The molecule has 3 nitrogen and oxygen atoms in total. The molecule has 0 amide bonds. The van der Waals surface area contributed by atoms with Crippen LogP contribution in [0.3, 0.4) is 0 Å². The molecule has 0 bridgehead atoms. The minimum Gasteiger partial charge on any atom is -0.497 e. The van der Waals surface area contributed by atoms with Gasteiger partial charge in [-0.2, -0.15) is 0 Å². The van der Waals surface area contributed by atoms with Crippen molar-refractivity contribution in [3.8, 4) is 5.75 Å². The molecule has 19 heavy (non-hydrogen) atoms. The fourth-order valence-electron chi connectivity index (χ4n) is 2.54. The summed E-state index contributed by atoms with van der Waals surface area (Å²) in [5.41, 5.74) is 1.11. The lowest BCUT2D eigenvalue weighted by atomic mass is 10.0. The summed E-state index contributed by atoms with van der Waals surface area (Å²) in [5, 5.41) is 3.33. The Morgan fingerprint density at radius 3 is 2.79 bits per heavy atom. The zero-order valence-electron chi connectivity index (χ0n) is 11.2. The summed E-state index contributed by atoms with van der Waals surface area (Å²) in [6.45, 7) is 3.52. The van der Waals surface area contributed by atoms with Crippen LogP contribution in [0, 0.1) is 0 Å². The maximum atomic E-state index is 12.9. The third-order valence-corrected chi connectivity index (χ3v) is 4.26. The van der Waals surface area contributed by atoms with E-state index in [0.29, 0.717) is 6.42 Å². The van der Waals surface area contributed by atoms with Gasteiger partial charge in [-0.1, -0.05) is 15.9 Å². The van der Waals surface area contributed by atoms with Crippen molar-refractivity contribution < 1.29 is 9.13 Å². The molecule has 106 valence electrons. The molecule has 1 aromatic carbocycles. The number of nitrogens with one attached hydrogen (secondary N) is 1. The van der Waals surface area contributed by atoms with Crippen LogP contribution >= 0.6 is 15.9 Å². The van der Waals surface area contributed by atoms with E-state index in [4.69, 9.17) is 4.74 Å². The van der Waals surface area contributed by atoms with Gasteiger partial charge >= 0.3 is 0 Å². The highest BCUT2D eigenvalue weighted by Crippen LogP contribution is 2.33. The number of ether oxygens (including phenoxy) is 1. The zero-order chi connectivity index (χ0) is 13.7. The van der Waals surface area contributed by atoms with Crippen LogP contribution in [0.25, 0.3) is 0 Å². The molecule has 0 aromatic heterocycles. The Balaban J connectivity index is 2.26. The van der Waals surface area contributed by atoms with Gasteiger partial charge in [0.2, 0.25) is 0 Å². The Bertz CT molecular complexity index is 410. The first-order chi connectivity index (χ1) is 9.26. The lowest BCUT2D eigenvalue weighted by Crippen LogP contribution is -2.45. The van der Waals surface area contributed by atoms with Gasteiger partial charge in [-0.15, -0.1) is 0 Å². The fraction of sp³-hybridized carbons (Fsp3) is 0.571. The average Bonchev–Trinajstić information content (AvgIpc) is 2.47. The number of halogens is 2. The number of alkyl halides is 1. The molecule has 1 aliphatic heterocycles. The highest BCUT2D eigenvalue weighted by atomic mass is 79.9. The van der Waals surface area contributed by atoms with Gasteiger partial charge in [-0.3, -0.25) is 9.29 Å². The molecule has 1 aliphatic rings. The van der Waals surface area contributed by atoms with Crippen molar-refractivity contribution in [1.82, 2.24) is 10.2 Å². The molecular formula is C14H20BrFN2O. The second-order valence-corrected chi connectivity index (χ2v) is 5.52. The lowest BCUT2D eigenvalue weighted by Gasteiger charge is -2.35. The highest BCUT2D eigenvalue weighted by molar-refractivity contribution is 9.10. The minimum atomic E-state index is -0.307. The SMILES string of the molecule is COc1ccc(Br)c([C@H](CCF)N2CCNCC2)c1. The van der Waals surface area contributed by atoms with E-state index in [-0.39, 0.29) is 12.7 Å². The van der Waals surface area contributed by atoms with Crippen molar-refractivity contribution in [3.63, 3.8) is 0 Å². The number of nitrogens with zero attached hydrogens (tertiary/aromatic N) is 1. The topological polar surface area (TPSA) is 24.5 Å². The van der Waals surface area contributed by atoms with Crippen molar-refractivity contribution in [2.75, 3.05) is 40.0 Å². The van der Waals surface area contributed by atoms with E-state index in [1.165, 1.54) is 0 Å². The maximum Gasteiger partial charge on any atom is 0.119 e. The van der Waals surface area contributed by atoms with E-state index in [1.54, 1.807) is 7.11 Å². The number of hydrogen-bond donors (Lipinski definition) is 1. The monoisotopic (exact) mass is 330 g/mol. The fourth-order valence-corrected chi connectivity index (χ4v) is 3.05. The number of rotatable bonds is 5. The largest absolute Gasteiger partial charge is 0.497 e. The quantitative estimate of drug-likeness (QED) is 0.898. The maximum absolute atomic E-state index is 12.9. The second-order valence-electron chi connectivity index (χ2n) is 4.67. The predicted molar refractivity (Wildman–Crippen MR) is 78.5 cm³/mol. The predicted octanol–water partition coefficient (Wildman–Crippen LogP) is 2.76. The smallest absolute Gasteiger partial charge is 0.119 e. The van der Waals surface area contributed by atoms with Crippen LogP contribution in [0.5, 0.6) is 5.75 Å². The van der Waals surface area contributed by atoms with E-state index in [2.05, 4.69) is 26.1 Å². The average molecular weight is 331 g/mol. The number of methoxy groups -OCH3 is 1. The van der Waals surface area contributed by atoms with E-state index < -0.39 is 0 Å². The molecule has 1 heterocycles. The van der Waals surface area contributed by atoms with Gasteiger partial charge in [0, 0.05) is 36.7 Å². The van der Waals surface area contributed by atoms with Gasteiger partial charge in [-0.25, -0.2) is 0 Å². The van der Waals surface area contributed by atoms with Crippen molar-refractivity contribution >= 4 is 15.9 Å². The lowest BCUT2D eigenvalue weighted by molar-refractivity contribution is 0.157. The first-order valence-electron chi connectivity index (χ1n) is 6.60. The van der Waals surface area contributed by atoms with Crippen molar-refractivity contribution in [2.24, 2.45) is 0 Å². The summed E-state index contributed by atoms with van der Waals surface area (Å²) in [5.74, 6) is 0.817. The molecule has 0 radical (unpaired) electrons. The van der Waals surface area contributed by atoms with Crippen LogP contribution in [0.2, 0.25) is 0 Å². The third kappa shape index (κ3) is 3.68. The first-order valence-corrected chi connectivity index (χ1v) is 7.39. The highest BCUT2D eigenvalue weighted by Gasteiger charge is 2.24. The van der Waals surface area contributed by atoms with Crippen LogP contribution in [0.1, 0.15) is 18.0 Å². The van der Waals surface area contributed by atoms with Gasteiger partial charge in [-0.05, 0) is 30.2 Å². The van der Waals surface area contributed by atoms with Gasteiger partial charge in [0.05, 0.1) is 13.8 Å². The van der Waals surface area contributed by atoms with Crippen molar-refractivity contribution in [3.05, 3.63) is 28.2 Å². The zero-order valence-corrected chi connectivity index (χ0v) is 12.7.